The van der Waals surface area contributed by atoms with E-state index in [-0.39, 0.29) is 6.04 Å². The molecule has 1 fully saturated rings. The molecule has 4 nitrogen and oxygen atoms in total. The molecule has 0 saturated carbocycles. The molecule has 88 valence electrons. The minimum atomic E-state index is 0.270. The third-order valence-corrected chi connectivity index (χ3v) is 3.00. The second-order valence-corrected chi connectivity index (χ2v) is 4.35. The molecule has 0 unspecified atom stereocenters. The van der Waals surface area contributed by atoms with Crippen LogP contribution in [0.15, 0.2) is 12.3 Å². The number of hydrogen-bond donors (Lipinski definition) is 1. The zero-order valence-electron chi connectivity index (χ0n) is 9.94. The first-order valence-corrected chi connectivity index (χ1v) is 5.72. The standard InChI is InChI=1S/C12H19N3O/c1-9-6-11(12(16-2)7-14-9)15-5-3-4-10(13)8-15/h6-7,10H,3-5,8,13H2,1-2H3/t10-/m1/s1. The summed E-state index contributed by atoms with van der Waals surface area (Å²) < 4.78 is 5.34. The van der Waals surface area contributed by atoms with Crippen LogP contribution in [0.2, 0.25) is 0 Å². The number of rotatable bonds is 2. The summed E-state index contributed by atoms with van der Waals surface area (Å²) in [6.45, 7) is 3.94. The molecule has 1 aromatic rings. The van der Waals surface area contributed by atoms with Crippen molar-refractivity contribution in [2.45, 2.75) is 25.8 Å². The Balaban J connectivity index is 2.26. The molecule has 0 bridgehead atoms. The maximum Gasteiger partial charge on any atom is 0.160 e. The number of methoxy groups -OCH3 is 1. The highest BCUT2D eigenvalue weighted by molar-refractivity contribution is 5.58. The molecule has 0 aromatic carbocycles. The highest BCUT2D eigenvalue weighted by Gasteiger charge is 2.19. The molecule has 0 radical (unpaired) electrons. The number of aryl methyl sites for hydroxylation is 1. The molecule has 2 rings (SSSR count). The van der Waals surface area contributed by atoms with Crippen LogP contribution in [0.1, 0.15) is 18.5 Å². The molecular weight excluding hydrogens is 202 g/mol. The van der Waals surface area contributed by atoms with Crippen LogP contribution in [-0.2, 0) is 0 Å². The largest absolute Gasteiger partial charge is 0.493 e. The zero-order chi connectivity index (χ0) is 11.5. The van der Waals surface area contributed by atoms with Crippen molar-refractivity contribution in [1.82, 2.24) is 4.98 Å². The maximum absolute atomic E-state index is 5.99. The Bertz CT molecular complexity index is 367. The van der Waals surface area contributed by atoms with Gasteiger partial charge in [-0.05, 0) is 25.8 Å². The van der Waals surface area contributed by atoms with Gasteiger partial charge in [-0.15, -0.1) is 0 Å². The van der Waals surface area contributed by atoms with Gasteiger partial charge in [-0.25, -0.2) is 0 Å². The molecule has 4 heteroatoms. The van der Waals surface area contributed by atoms with Crippen molar-refractivity contribution >= 4 is 5.69 Å². The second-order valence-electron chi connectivity index (χ2n) is 4.35. The van der Waals surface area contributed by atoms with Crippen molar-refractivity contribution in [3.05, 3.63) is 18.0 Å². The lowest BCUT2D eigenvalue weighted by atomic mass is 10.1. The number of aromatic nitrogens is 1. The average molecular weight is 221 g/mol. The van der Waals surface area contributed by atoms with Crippen LogP contribution >= 0.6 is 0 Å². The summed E-state index contributed by atoms with van der Waals surface area (Å²) in [5, 5.41) is 0. The first-order chi connectivity index (χ1) is 7.70. The topological polar surface area (TPSA) is 51.4 Å². The van der Waals surface area contributed by atoms with Crippen LogP contribution in [0.5, 0.6) is 5.75 Å². The van der Waals surface area contributed by atoms with Crippen molar-refractivity contribution in [2.75, 3.05) is 25.1 Å². The Morgan fingerprint density at radius 1 is 1.56 bits per heavy atom. The highest BCUT2D eigenvalue weighted by atomic mass is 16.5. The fourth-order valence-electron chi connectivity index (χ4n) is 2.17. The summed E-state index contributed by atoms with van der Waals surface area (Å²) in [5.41, 5.74) is 8.12. The van der Waals surface area contributed by atoms with Gasteiger partial charge in [-0.3, -0.25) is 4.98 Å². The van der Waals surface area contributed by atoms with Crippen LogP contribution in [-0.4, -0.2) is 31.2 Å². The van der Waals surface area contributed by atoms with Crippen molar-refractivity contribution in [2.24, 2.45) is 5.73 Å². The second kappa shape index (κ2) is 4.70. The first-order valence-electron chi connectivity index (χ1n) is 5.72. The summed E-state index contributed by atoms with van der Waals surface area (Å²) >= 11 is 0. The predicted octanol–water partition coefficient (Wildman–Crippen LogP) is 1.33. The van der Waals surface area contributed by atoms with E-state index in [4.69, 9.17) is 10.5 Å². The molecule has 1 saturated heterocycles. The van der Waals surface area contributed by atoms with E-state index in [0.29, 0.717) is 0 Å². The lowest BCUT2D eigenvalue weighted by Gasteiger charge is -2.33. The molecule has 1 atom stereocenters. The van der Waals surface area contributed by atoms with Crippen LogP contribution in [0, 0.1) is 6.92 Å². The molecule has 1 aliphatic heterocycles. The third-order valence-electron chi connectivity index (χ3n) is 3.00. The molecule has 16 heavy (non-hydrogen) atoms. The van der Waals surface area contributed by atoms with E-state index in [2.05, 4.69) is 16.0 Å². The molecule has 0 aliphatic carbocycles. The van der Waals surface area contributed by atoms with Crippen molar-refractivity contribution < 1.29 is 4.74 Å². The number of pyridine rings is 1. The molecular formula is C12H19N3O. The molecule has 1 aliphatic rings. The van der Waals surface area contributed by atoms with Crippen LogP contribution in [0.4, 0.5) is 5.69 Å². The van der Waals surface area contributed by atoms with Gasteiger partial charge < -0.3 is 15.4 Å². The van der Waals surface area contributed by atoms with E-state index in [1.54, 1.807) is 13.3 Å². The zero-order valence-corrected chi connectivity index (χ0v) is 9.94. The van der Waals surface area contributed by atoms with Gasteiger partial charge in [-0.1, -0.05) is 0 Å². The molecule has 0 amide bonds. The van der Waals surface area contributed by atoms with Crippen molar-refractivity contribution in [3.8, 4) is 5.75 Å². The number of hydrogen-bond acceptors (Lipinski definition) is 4. The van der Waals surface area contributed by atoms with Gasteiger partial charge in [0.2, 0.25) is 0 Å². The Labute approximate surface area is 96.4 Å². The lowest BCUT2D eigenvalue weighted by molar-refractivity contribution is 0.408. The number of nitrogens with two attached hydrogens (primary N) is 1. The van der Waals surface area contributed by atoms with Gasteiger partial charge >= 0.3 is 0 Å². The summed E-state index contributed by atoms with van der Waals surface area (Å²) in [6.07, 6.45) is 4.04. The Morgan fingerprint density at radius 3 is 3.06 bits per heavy atom. The minimum absolute atomic E-state index is 0.270. The fraction of sp³-hybridized carbons (Fsp3) is 0.583. The van der Waals surface area contributed by atoms with Crippen LogP contribution in [0.3, 0.4) is 0 Å². The quantitative estimate of drug-likeness (QED) is 0.818. The average Bonchev–Trinajstić information content (AvgIpc) is 2.29. The monoisotopic (exact) mass is 221 g/mol. The SMILES string of the molecule is COc1cnc(C)cc1N1CCC[C@@H](N)C1. The van der Waals surface area contributed by atoms with E-state index >= 15 is 0 Å². The number of piperidine rings is 1. The van der Waals surface area contributed by atoms with Gasteiger partial charge in [0.25, 0.3) is 0 Å². The highest BCUT2D eigenvalue weighted by Crippen LogP contribution is 2.29. The van der Waals surface area contributed by atoms with E-state index < -0.39 is 0 Å². The molecule has 2 N–H and O–H groups in total. The Morgan fingerprint density at radius 2 is 2.38 bits per heavy atom. The van der Waals surface area contributed by atoms with E-state index in [0.717, 1.165) is 43.1 Å². The molecule has 1 aromatic heterocycles. The minimum Gasteiger partial charge on any atom is -0.493 e. The lowest BCUT2D eigenvalue weighted by Crippen LogP contribution is -2.43. The van der Waals surface area contributed by atoms with Gasteiger partial charge in [0.05, 0.1) is 19.0 Å². The van der Waals surface area contributed by atoms with Crippen LogP contribution in [0.25, 0.3) is 0 Å². The van der Waals surface area contributed by atoms with E-state index in [1.807, 2.05) is 6.92 Å². The van der Waals surface area contributed by atoms with Crippen molar-refractivity contribution in [1.29, 1.82) is 0 Å². The third kappa shape index (κ3) is 2.27. The first kappa shape index (κ1) is 11.2. The predicted molar refractivity (Wildman–Crippen MR) is 64.9 cm³/mol. The summed E-state index contributed by atoms with van der Waals surface area (Å²) in [7, 11) is 1.68. The summed E-state index contributed by atoms with van der Waals surface area (Å²) in [5.74, 6) is 0.833. The fourth-order valence-corrected chi connectivity index (χ4v) is 2.17. The summed E-state index contributed by atoms with van der Waals surface area (Å²) in [4.78, 5) is 6.53. The number of ether oxygens (including phenoxy) is 1. The maximum atomic E-state index is 5.99. The van der Waals surface area contributed by atoms with E-state index in [1.165, 1.54) is 0 Å². The van der Waals surface area contributed by atoms with Gasteiger partial charge in [-0.2, -0.15) is 0 Å². The molecule has 0 spiro atoms. The van der Waals surface area contributed by atoms with E-state index in [9.17, 15) is 0 Å². The number of anilines is 1. The van der Waals surface area contributed by atoms with Crippen molar-refractivity contribution in [3.63, 3.8) is 0 Å². The summed E-state index contributed by atoms with van der Waals surface area (Å²) in [6, 6.07) is 2.34. The van der Waals surface area contributed by atoms with Crippen LogP contribution < -0.4 is 15.4 Å². The Hall–Kier alpha value is -1.29. The normalized spacial score (nSPS) is 20.9. The van der Waals surface area contributed by atoms with Gasteiger partial charge in [0, 0.05) is 24.8 Å². The van der Waals surface area contributed by atoms with Gasteiger partial charge in [0.15, 0.2) is 5.75 Å². The smallest absolute Gasteiger partial charge is 0.160 e. The molecule has 2 heterocycles. The number of nitrogens with zero attached hydrogens (tertiary/aromatic N) is 2. The van der Waals surface area contributed by atoms with Gasteiger partial charge in [0.1, 0.15) is 0 Å². The Kier molecular flexibility index (Phi) is 3.29.